The highest BCUT2D eigenvalue weighted by molar-refractivity contribution is 7.54. The molecule has 0 saturated heterocycles. The lowest BCUT2D eigenvalue weighted by atomic mass is 10.2. The van der Waals surface area contributed by atoms with E-state index in [9.17, 15) is 4.57 Å². The molecule has 0 aromatic heterocycles. The minimum absolute atomic E-state index is 0.613. The molecule has 0 bridgehead atoms. The van der Waals surface area contributed by atoms with Gasteiger partial charge in [-0.25, -0.2) is 0 Å². The molecule has 2 aromatic carbocycles. The van der Waals surface area contributed by atoms with Crippen LogP contribution in [0.1, 0.15) is 11.3 Å². The molecule has 6 heteroatoms. The fourth-order valence-electron chi connectivity index (χ4n) is 1.97. The first-order chi connectivity index (χ1) is 10.1. The van der Waals surface area contributed by atoms with E-state index in [1.54, 1.807) is 24.3 Å². The summed E-state index contributed by atoms with van der Waals surface area (Å²) < 4.78 is 23.1. The summed E-state index contributed by atoms with van der Waals surface area (Å²) in [7, 11) is -0.598. The Bertz CT molecular complexity index is 611. The van der Waals surface area contributed by atoms with E-state index in [-0.39, 0.29) is 0 Å². The Kier molecular flexibility index (Phi) is 5.43. The predicted octanol–water partition coefficient (Wildman–Crippen LogP) is 4.94. The van der Waals surface area contributed by atoms with Crippen molar-refractivity contribution in [3.05, 3.63) is 65.2 Å². The summed E-state index contributed by atoms with van der Waals surface area (Å²) in [5.41, 5.74) is 1.60. The van der Waals surface area contributed by atoms with Gasteiger partial charge in [0, 0.05) is 24.9 Å². The molecule has 0 amide bonds. The topological polar surface area (TPSA) is 47.6 Å². The monoisotopic (exact) mass is 325 g/mol. The Morgan fingerprint density at radius 1 is 1.00 bits per heavy atom. The second-order valence-electron chi connectivity index (χ2n) is 4.37. The van der Waals surface area contributed by atoms with Gasteiger partial charge in [0.1, 0.15) is 0 Å². The number of hydrogen-bond acceptors (Lipinski definition) is 4. The molecule has 21 heavy (non-hydrogen) atoms. The molecule has 0 fully saturated rings. The maximum atomic E-state index is 12.8. The summed E-state index contributed by atoms with van der Waals surface area (Å²) >= 11 is 5.91. The Morgan fingerprint density at radius 3 is 2.10 bits per heavy atom. The number of para-hydroxylation sites is 1. The van der Waals surface area contributed by atoms with Crippen molar-refractivity contribution in [3.63, 3.8) is 0 Å². The molecule has 0 aliphatic heterocycles. The average molecular weight is 326 g/mol. The third-order valence-electron chi connectivity index (χ3n) is 3.09. The van der Waals surface area contributed by atoms with Crippen LogP contribution in [0, 0.1) is 0 Å². The molecular formula is C15H17ClNO3P. The first kappa shape index (κ1) is 16.1. The molecule has 1 N–H and O–H groups in total. The summed E-state index contributed by atoms with van der Waals surface area (Å²) in [5, 5.41) is 3.81. The second kappa shape index (κ2) is 7.10. The SMILES string of the molecule is COP(=O)(OC)[C@H](Nc1ccccc1)c1ccc(Cl)cc1. The van der Waals surface area contributed by atoms with Gasteiger partial charge in [-0.2, -0.15) is 0 Å². The molecule has 112 valence electrons. The fourth-order valence-corrected chi connectivity index (χ4v) is 3.51. The van der Waals surface area contributed by atoms with Crippen LogP contribution >= 0.6 is 19.2 Å². The third kappa shape index (κ3) is 3.86. The normalized spacial score (nSPS) is 12.9. The van der Waals surface area contributed by atoms with Gasteiger partial charge in [-0.1, -0.05) is 41.9 Å². The molecule has 0 spiro atoms. The minimum atomic E-state index is -3.35. The Labute approximate surface area is 129 Å². The van der Waals surface area contributed by atoms with Crippen molar-refractivity contribution in [1.29, 1.82) is 0 Å². The van der Waals surface area contributed by atoms with Crippen LogP contribution in [0.4, 0.5) is 5.69 Å². The molecule has 0 unspecified atom stereocenters. The second-order valence-corrected chi connectivity index (χ2v) is 7.13. The molecule has 4 nitrogen and oxygen atoms in total. The van der Waals surface area contributed by atoms with Gasteiger partial charge in [0.05, 0.1) is 0 Å². The Hall–Kier alpha value is -1.32. The molecule has 0 heterocycles. The maximum absolute atomic E-state index is 12.8. The lowest BCUT2D eigenvalue weighted by molar-refractivity contribution is 0.268. The number of anilines is 1. The molecule has 2 rings (SSSR count). The van der Waals surface area contributed by atoms with Gasteiger partial charge >= 0.3 is 7.60 Å². The third-order valence-corrected chi connectivity index (χ3v) is 5.42. The van der Waals surface area contributed by atoms with Crippen LogP contribution in [-0.2, 0) is 13.6 Å². The molecule has 0 saturated carbocycles. The van der Waals surface area contributed by atoms with Gasteiger partial charge < -0.3 is 14.4 Å². The molecule has 0 aliphatic rings. The lowest BCUT2D eigenvalue weighted by Crippen LogP contribution is -2.13. The summed E-state index contributed by atoms with van der Waals surface area (Å²) in [5.74, 6) is -0.618. The molecular weight excluding hydrogens is 309 g/mol. The highest BCUT2D eigenvalue weighted by Gasteiger charge is 2.35. The number of benzene rings is 2. The smallest absolute Gasteiger partial charge is 0.356 e. The van der Waals surface area contributed by atoms with Crippen molar-refractivity contribution in [2.75, 3.05) is 19.5 Å². The van der Waals surface area contributed by atoms with Crippen molar-refractivity contribution in [3.8, 4) is 0 Å². The zero-order valence-electron chi connectivity index (χ0n) is 11.8. The van der Waals surface area contributed by atoms with E-state index in [2.05, 4.69) is 5.32 Å². The van der Waals surface area contributed by atoms with Crippen LogP contribution in [0.25, 0.3) is 0 Å². The summed E-state index contributed by atoms with van der Waals surface area (Å²) in [6.45, 7) is 0. The molecule has 0 radical (unpaired) electrons. The minimum Gasteiger partial charge on any atom is -0.368 e. The van der Waals surface area contributed by atoms with Crippen molar-refractivity contribution >= 4 is 24.9 Å². The highest BCUT2D eigenvalue weighted by atomic mass is 35.5. The van der Waals surface area contributed by atoms with Crippen molar-refractivity contribution < 1.29 is 13.6 Å². The van der Waals surface area contributed by atoms with Crippen LogP contribution in [0.2, 0.25) is 5.02 Å². The molecule has 2 aromatic rings. The largest absolute Gasteiger partial charge is 0.368 e. The van der Waals surface area contributed by atoms with Gasteiger partial charge in [-0.05, 0) is 29.8 Å². The van der Waals surface area contributed by atoms with E-state index in [1.807, 2.05) is 30.3 Å². The zero-order chi connectivity index (χ0) is 15.3. The summed E-state index contributed by atoms with van der Waals surface area (Å²) in [6.07, 6.45) is 0. The number of halogens is 1. The maximum Gasteiger partial charge on any atom is 0.356 e. The van der Waals surface area contributed by atoms with Gasteiger partial charge in [-0.15, -0.1) is 0 Å². The van der Waals surface area contributed by atoms with Crippen molar-refractivity contribution in [1.82, 2.24) is 0 Å². The Balaban J connectivity index is 2.39. The van der Waals surface area contributed by atoms with Gasteiger partial charge in [0.15, 0.2) is 5.78 Å². The number of rotatable bonds is 6. The summed E-state index contributed by atoms with van der Waals surface area (Å²) in [4.78, 5) is 0. The number of hydrogen-bond donors (Lipinski definition) is 1. The van der Waals surface area contributed by atoms with Crippen LogP contribution in [0.15, 0.2) is 54.6 Å². The lowest BCUT2D eigenvalue weighted by Gasteiger charge is -2.26. The van der Waals surface area contributed by atoms with Crippen LogP contribution < -0.4 is 5.32 Å². The van der Waals surface area contributed by atoms with Crippen LogP contribution in [0.5, 0.6) is 0 Å². The average Bonchev–Trinajstić information content (AvgIpc) is 2.54. The van der Waals surface area contributed by atoms with E-state index >= 15 is 0 Å². The Morgan fingerprint density at radius 2 is 1.57 bits per heavy atom. The van der Waals surface area contributed by atoms with Gasteiger partial charge in [-0.3, -0.25) is 4.57 Å². The van der Waals surface area contributed by atoms with Gasteiger partial charge in [0.25, 0.3) is 0 Å². The van der Waals surface area contributed by atoms with Crippen molar-refractivity contribution in [2.45, 2.75) is 5.78 Å². The fraction of sp³-hybridized carbons (Fsp3) is 0.200. The quantitative estimate of drug-likeness (QED) is 0.764. The van der Waals surface area contributed by atoms with E-state index < -0.39 is 13.4 Å². The van der Waals surface area contributed by atoms with E-state index in [0.717, 1.165) is 11.3 Å². The van der Waals surface area contributed by atoms with Gasteiger partial charge in [0.2, 0.25) is 0 Å². The number of nitrogens with one attached hydrogen (secondary N) is 1. The van der Waals surface area contributed by atoms with Crippen LogP contribution in [0.3, 0.4) is 0 Å². The van der Waals surface area contributed by atoms with Crippen LogP contribution in [-0.4, -0.2) is 14.2 Å². The molecule has 1 atom stereocenters. The molecule has 0 aliphatic carbocycles. The van der Waals surface area contributed by atoms with E-state index in [4.69, 9.17) is 20.6 Å². The standard InChI is InChI=1S/C15H17ClNO3P/c1-19-21(18,20-2)15(12-8-10-13(16)11-9-12)17-14-6-4-3-5-7-14/h3-11,15,17H,1-2H3/t15-/m0/s1. The van der Waals surface area contributed by atoms with E-state index in [0.29, 0.717) is 5.02 Å². The van der Waals surface area contributed by atoms with E-state index in [1.165, 1.54) is 14.2 Å². The summed E-state index contributed by atoms with van der Waals surface area (Å²) in [6, 6.07) is 16.6. The highest BCUT2D eigenvalue weighted by Crippen LogP contribution is 2.59. The zero-order valence-corrected chi connectivity index (χ0v) is 13.5. The predicted molar refractivity (Wildman–Crippen MR) is 85.9 cm³/mol. The van der Waals surface area contributed by atoms with Crippen molar-refractivity contribution in [2.24, 2.45) is 0 Å². The first-order valence-corrected chi connectivity index (χ1v) is 8.36. The first-order valence-electron chi connectivity index (χ1n) is 6.37.